The molecule has 0 aromatic heterocycles. The monoisotopic (exact) mass is 253 g/mol. The quantitative estimate of drug-likeness (QED) is 0.767. The first kappa shape index (κ1) is 13.9. The number of hydrogen-bond acceptors (Lipinski definition) is 4. The first-order chi connectivity index (χ1) is 7.16. The highest BCUT2D eigenvalue weighted by Gasteiger charge is 2.56. The Kier molecular flexibility index (Phi) is 3.67. The van der Waals surface area contributed by atoms with Gasteiger partial charge in [-0.25, -0.2) is 12.8 Å². The lowest BCUT2D eigenvalue weighted by Gasteiger charge is -2.28. The van der Waals surface area contributed by atoms with Crippen LogP contribution in [0.15, 0.2) is 0 Å². The highest BCUT2D eigenvalue weighted by molar-refractivity contribution is 7.94. The average Bonchev–Trinajstić information content (AvgIpc) is 2.94. The Balaban J connectivity index is 2.70. The topological polar surface area (TPSA) is 69.4 Å². The molecule has 1 fully saturated rings. The van der Waals surface area contributed by atoms with Crippen molar-refractivity contribution < 1.29 is 17.5 Å². The molecule has 1 unspecified atom stereocenters. The molecule has 1 aliphatic rings. The molecule has 0 spiro atoms. The molecule has 0 saturated heterocycles. The van der Waals surface area contributed by atoms with Crippen molar-refractivity contribution in [1.29, 1.82) is 0 Å². The first-order valence-corrected chi connectivity index (χ1v) is 6.84. The van der Waals surface area contributed by atoms with E-state index in [9.17, 15) is 12.8 Å². The predicted octanol–water partition coefficient (Wildman–Crippen LogP) is 1.00. The maximum atomic E-state index is 12.8. The minimum atomic E-state index is -3.30. The van der Waals surface area contributed by atoms with E-state index in [0.29, 0.717) is 12.8 Å². The first-order valence-electron chi connectivity index (χ1n) is 5.36. The Morgan fingerprint density at radius 1 is 1.50 bits per heavy atom. The molecule has 1 saturated carbocycles. The molecule has 1 aliphatic carbocycles. The van der Waals surface area contributed by atoms with E-state index in [4.69, 9.17) is 10.5 Å². The summed E-state index contributed by atoms with van der Waals surface area (Å²) in [6.07, 6.45) is -0.245. The lowest BCUT2D eigenvalue weighted by molar-refractivity contribution is -0.0386. The van der Waals surface area contributed by atoms with Gasteiger partial charge in [-0.05, 0) is 33.6 Å². The average molecular weight is 253 g/mol. The van der Waals surface area contributed by atoms with Crippen LogP contribution in [0.3, 0.4) is 0 Å². The Morgan fingerprint density at radius 2 is 2.00 bits per heavy atom. The summed E-state index contributed by atoms with van der Waals surface area (Å²) in [4.78, 5) is 0. The van der Waals surface area contributed by atoms with Crippen LogP contribution in [0.1, 0.15) is 33.6 Å². The summed E-state index contributed by atoms with van der Waals surface area (Å²) in [6, 6.07) is 0. The Bertz CT molecular complexity index is 349. The van der Waals surface area contributed by atoms with Gasteiger partial charge in [0.25, 0.3) is 0 Å². The number of ether oxygens (including phenoxy) is 1. The van der Waals surface area contributed by atoms with E-state index in [1.807, 2.05) is 0 Å². The molecule has 96 valence electrons. The Morgan fingerprint density at radius 3 is 2.38 bits per heavy atom. The maximum absolute atomic E-state index is 12.8. The summed E-state index contributed by atoms with van der Waals surface area (Å²) >= 11 is 0. The fourth-order valence-corrected chi connectivity index (χ4v) is 3.75. The van der Waals surface area contributed by atoms with Crippen molar-refractivity contribution in [3.63, 3.8) is 0 Å². The van der Waals surface area contributed by atoms with Gasteiger partial charge in [-0.3, -0.25) is 0 Å². The minimum absolute atomic E-state index is 0.163. The van der Waals surface area contributed by atoms with Gasteiger partial charge in [0.05, 0.1) is 16.1 Å². The maximum Gasteiger partial charge on any atom is 0.211 e. The van der Waals surface area contributed by atoms with Crippen molar-refractivity contribution in [1.82, 2.24) is 0 Å². The summed E-state index contributed by atoms with van der Waals surface area (Å²) in [5.41, 5.74) is 5.06. The molecule has 1 atom stereocenters. The normalized spacial score (nSPS) is 21.8. The lowest BCUT2D eigenvalue weighted by Crippen LogP contribution is -2.44. The van der Waals surface area contributed by atoms with Crippen LogP contribution < -0.4 is 5.73 Å². The molecule has 0 bridgehead atoms. The number of rotatable bonds is 6. The molecule has 1 rings (SSSR count). The summed E-state index contributed by atoms with van der Waals surface area (Å²) in [5, 5.41) is 0. The molecule has 4 nitrogen and oxygen atoms in total. The predicted molar refractivity (Wildman–Crippen MR) is 60.5 cm³/mol. The Hall–Kier alpha value is -0.200. The minimum Gasteiger partial charge on any atom is -0.345 e. The zero-order valence-corrected chi connectivity index (χ0v) is 10.8. The molecule has 0 aromatic carbocycles. The number of sulfone groups is 1. The molecular formula is C10H20FNO3S. The van der Waals surface area contributed by atoms with E-state index in [0.717, 1.165) is 0 Å². The van der Waals surface area contributed by atoms with E-state index in [2.05, 4.69) is 0 Å². The highest BCUT2D eigenvalue weighted by Crippen LogP contribution is 2.47. The summed E-state index contributed by atoms with van der Waals surface area (Å²) in [7, 11) is -3.30. The van der Waals surface area contributed by atoms with Gasteiger partial charge in [-0.2, -0.15) is 0 Å². The van der Waals surface area contributed by atoms with Crippen LogP contribution in [0.25, 0.3) is 0 Å². The third-order valence-corrected chi connectivity index (χ3v) is 6.41. The van der Waals surface area contributed by atoms with Gasteiger partial charge >= 0.3 is 0 Å². The summed E-state index contributed by atoms with van der Waals surface area (Å²) in [5.74, 6) is 0. The van der Waals surface area contributed by atoms with Gasteiger partial charge in [0.1, 0.15) is 0 Å². The highest BCUT2D eigenvalue weighted by atomic mass is 32.2. The van der Waals surface area contributed by atoms with Crippen molar-refractivity contribution in [2.45, 2.75) is 49.5 Å². The van der Waals surface area contributed by atoms with E-state index in [1.54, 1.807) is 20.8 Å². The third-order valence-electron chi connectivity index (χ3n) is 3.13. The van der Waals surface area contributed by atoms with Crippen LogP contribution in [0.4, 0.5) is 4.39 Å². The van der Waals surface area contributed by atoms with Gasteiger partial charge < -0.3 is 10.5 Å². The largest absolute Gasteiger partial charge is 0.345 e. The smallest absolute Gasteiger partial charge is 0.211 e. The van der Waals surface area contributed by atoms with Crippen LogP contribution in [-0.2, 0) is 14.6 Å². The third kappa shape index (κ3) is 2.38. The lowest BCUT2D eigenvalue weighted by atomic mass is 10.2. The molecule has 2 N–H and O–H groups in total. The number of hydrogen-bond donors (Lipinski definition) is 1. The zero-order valence-electron chi connectivity index (χ0n) is 9.99. The van der Waals surface area contributed by atoms with Gasteiger partial charge in [0.2, 0.25) is 6.36 Å². The zero-order chi connectivity index (χ0) is 12.6. The molecule has 0 radical (unpaired) electrons. The van der Waals surface area contributed by atoms with Gasteiger partial charge in [0.15, 0.2) is 9.84 Å². The van der Waals surface area contributed by atoms with Crippen molar-refractivity contribution >= 4 is 9.84 Å². The van der Waals surface area contributed by atoms with E-state index in [1.165, 1.54) is 0 Å². The van der Waals surface area contributed by atoms with Crippen molar-refractivity contribution in [2.24, 2.45) is 5.73 Å². The summed E-state index contributed by atoms with van der Waals surface area (Å²) in [6.45, 7) is 4.43. The van der Waals surface area contributed by atoms with Crippen molar-refractivity contribution in [3.8, 4) is 0 Å². The summed E-state index contributed by atoms with van der Waals surface area (Å²) < 4.78 is 40.3. The second kappa shape index (κ2) is 4.23. The molecule has 0 heterocycles. The van der Waals surface area contributed by atoms with Crippen LogP contribution in [0, 0.1) is 0 Å². The fraction of sp³-hybridized carbons (Fsp3) is 1.00. The molecule has 6 heteroatoms. The molecule has 0 aromatic rings. The second-order valence-corrected chi connectivity index (χ2v) is 8.27. The van der Waals surface area contributed by atoms with Crippen LogP contribution >= 0.6 is 0 Å². The fourth-order valence-electron chi connectivity index (χ4n) is 1.55. The SMILES string of the molecule is CC(C)(COC(F)CN)S(=O)(=O)C1(C)CC1. The van der Waals surface area contributed by atoms with Crippen molar-refractivity contribution in [2.75, 3.05) is 13.2 Å². The van der Waals surface area contributed by atoms with Gasteiger partial charge in [0, 0.05) is 6.54 Å². The Labute approximate surface area is 96.3 Å². The van der Waals surface area contributed by atoms with Crippen LogP contribution in [0.2, 0.25) is 0 Å². The number of nitrogens with two attached hydrogens (primary N) is 1. The van der Waals surface area contributed by atoms with Gasteiger partial charge in [-0.1, -0.05) is 0 Å². The second-order valence-electron chi connectivity index (χ2n) is 5.17. The van der Waals surface area contributed by atoms with E-state index < -0.39 is 25.7 Å². The number of halogens is 1. The number of alkyl halides is 1. The van der Waals surface area contributed by atoms with Gasteiger partial charge in [-0.15, -0.1) is 0 Å². The van der Waals surface area contributed by atoms with E-state index >= 15 is 0 Å². The van der Waals surface area contributed by atoms with Crippen LogP contribution in [-0.4, -0.2) is 37.4 Å². The van der Waals surface area contributed by atoms with Crippen molar-refractivity contribution in [3.05, 3.63) is 0 Å². The standard InChI is InChI=1S/C10H20FNO3S/c1-9(2,7-15-8(11)6-12)16(13,14)10(3)4-5-10/h8H,4-7,12H2,1-3H3. The molecule has 0 amide bonds. The van der Waals surface area contributed by atoms with E-state index in [-0.39, 0.29) is 13.2 Å². The van der Waals surface area contributed by atoms with Crippen LogP contribution in [0.5, 0.6) is 0 Å². The molecular weight excluding hydrogens is 233 g/mol. The molecule has 0 aliphatic heterocycles. The molecule has 16 heavy (non-hydrogen) atoms.